The van der Waals surface area contributed by atoms with Crippen molar-refractivity contribution < 1.29 is 4.74 Å². The van der Waals surface area contributed by atoms with E-state index < -0.39 is 0 Å². The summed E-state index contributed by atoms with van der Waals surface area (Å²) >= 11 is 0. The molecule has 96 valence electrons. The number of ether oxygens (including phenoxy) is 1. The van der Waals surface area contributed by atoms with Gasteiger partial charge in [0.25, 0.3) is 0 Å². The van der Waals surface area contributed by atoms with Crippen molar-refractivity contribution in [3.8, 4) is 5.75 Å². The molecular formula is C15H25NO. The normalized spacial score (nSPS) is 12.8. The van der Waals surface area contributed by atoms with Gasteiger partial charge in [-0.1, -0.05) is 32.9 Å². The molecular weight excluding hydrogens is 210 g/mol. The van der Waals surface area contributed by atoms with Crippen LogP contribution in [0.1, 0.15) is 31.9 Å². The molecule has 0 aromatic heterocycles. The minimum atomic E-state index is 0.525. The summed E-state index contributed by atoms with van der Waals surface area (Å²) < 4.78 is 5.87. The maximum atomic E-state index is 5.87. The minimum Gasteiger partial charge on any atom is -0.493 e. The van der Waals surface area contributed by atoms with Crippen LogP contribution < -0.4 is 10.1 Å². The summed E-state index contributed by atoms with van der Waals surface area (Å²) in [5.74, 6) is 1.54. The van der Waals surface area contributed by atoms with Crippen molar-refractivity contribution >= 4 is 0 Å². The molecule has 0 aliphatic carbocycles. The highest BCUT2D eigenvalue weighted by Crippen LogP contribution is 2.20. The van der Waals surface area contributed by atoms with E-state index in [0.29, 0.717) is 12.0 Å². The van der Waals surface area contributed by atoms with E-state index in [1.54, 1.807) is 0 Å². The first-order valence-corrected chi connectivity index (χ1v) is 6.43. The molecule has 2 nitrogen and oxygen atoms in total. The number of aryl methyl sites for hydroxylation is 1. The molecule has 2 heteroatoms. The van der Waals surface area contributed by atoms with Gasteiger partial charge in [-0.2, -0.15) is 0 Å². The molecule has 1 rings (SSSR count). The predicted molar refractivity (Wildman–Crippen MR) is 73.7 cm³/mol. The van der Waals surface area contributed by atoms with Crippen molar-refractivity contribution in [2.75, 3.05) is 13.2 Å². The summed E-state index contributed by atoms with van der Waals surface area (Å²) in [7, 11) is 0. The van der Waals surface area contributed by atoms with E-state index in [1.807, 2.05) is 6.07 Å². The van der Waals surface area contributed by atoms with Gasteiger partial charge in [-0.3, -0.25) is 0 Å². The summed E-state index contributed by atoms with van der Waals surface area (Å²) in [4.78, 5) is 0. The van der Waals surface area contributed by atoms with E-state index in [9.17, 15) is 0 Å². The molecule has 17 heavy (non-hydrogen) atoms. The Labute approximate surface area is 105 Å². The van der Waals surface area contributed by atoms with Gasteiger partial charge in [0, 0.05) is 18.5 Å². The maximum Gasteiger partial charge on any atom is 0.122 e. The lowest BCUT2D eigenvalue weighted by molar-refractivity contribution is 0.251. The SMILES string of the molecule is Cc1cccc(OCC(C)CNC(C)C)c1C. The third-order valence-electron chi connectivity index (χ3n) is 2.95. The molecule has 0 radical (unpaired) electrons. The molecule has 1 N–H and O–H groups in total. The van der Waals surface area contributed by atoms with Gasteiger partial charge in [0.05, 0.1) is 6.61 Å². The van der Waals surface area contributed by atoms with Crippen LogP contribution >= 0.6 is 0 Å². The van der Waals surface area contributed by atoms with Crippen LogP contribution in [0, 0.1) is 19.8 Å². The lowest BCUT2D eigenvalue weighted by Gasteiger charge is -2.17. The van der Waals surface area contributed by atoms with Crippen LogP contribution in [0.4, 0.5) is 0 Å². The maximum absolute atomic E-state index is 5.87. The average Bonchev–Trinajstić information content (AvgIpc) is 2.28. The standard InChI is InChI=1S/C15H25NO/c1-11(2)16-9-12(3)10-17-15-8-6-7-13(4)14(15)5/h6-8,11-12,16H,9-10H2,1-5H3. The Hall–Kier alpha value is -1.02. The zero-order valence-electron chi connectivity index (χ0n) is 11.7. The van der Waals surface area contributed by atoms with Crippen molar-refractivity contribution in [3.63, 3.8) is 0 Å². The van der Waals surface area contributed by atoms with Gasteiger partial charge in [0.1, 0.15) is 5.75 Å². The first-order valence-electron chi connectivity index (χ1n) is 6.43. The van der Waals surface area contributed by atoms with E-state index in [4.69, 9.17) is 4.74 Å². The van der Waals surface area contributed by atoms with Gasteiger partial charge < -0.3 is 10.1 Å². The van der Waals surface area contributed by atoms with Gasteiger partial charge in [0.2, 0.25) is 0 Å². The van der Waals surface area contributed by atoms with E-state index in [2.05, 4.69) is 52.1 Å². The molecule has 0 aliphatic rings. The fourth-order valence-electron chi connectivity index (χ4n) is 1.61. The largest absolute Gasteiger partial charge is 0.493 e. The Bertz CT molecular complexity index is 347. The number of hydrogen-bond acceptors (Lipinski definition) is 2. The van der Waals surface area contributed by atoms with Crippen LogP contribution in [-0.2, 0) is 0 Å². The fraction of sp³-hybridized carbons (Fsp3) is 0.600. The number of nitrogens with one attached hydrogen (secondary N) is 1. The first-order chi connectivity index (χ1) is 8.00. The zero-order valence-corrected chi connectivity index (χ0v) is 11.7. The predicted octanol–water partition coefficient (Wildman–Crippen LogP) is 3.32. The highest BCUT2D eigenvalue weighted by molar-refractivity contribution is 5.38. The second-order valence-corrected chi connectivity index (χ2v) is 5.18. The topological polar surface area (TPSA) is 21.3 Å². The quantitative estimate of drug-likeness (QED) is 0.816. The van der Waals surface area contributed by atoms with Crippen LogP contribution in [0.5, 0.6) is 5.75 Å². The highest BCUT2D eigenvalue weighted by atomic mass is 16.5. The van der Waals surface area contributed by atoms with Crippen molar-refractivity contribution in [3.05, 3.63) is 29.3 Å². The fourth-order valence-corrected chi connectivity index (χ4v) is 1.61. The van der Waals surface area contributed by atoms with Crippen molar-refractivity contribution in [1.82, 2.24) is 5.32 Å². The Morgan fingerprint density at radius 1 is 1.18 bits per heavy atom. The van der Waals surface area contributed by atoms with Crippen molar-refractivity contribution in [2.24, 2.45) is 5.92 Å². The second kappa shape index (κ2) is 6.65. The van der Waals surface area contributed by atoms with Crippen LogP contribution in [0.3, 0.4) is 0 Å². The first kappa shape index (κ1) is 14.0. The summed E-state index contributed by atoms with van der Waals surface area (Å²) in [6.07, 6.45) is 0. The molecule has 0 saturated heterocycles. The summed E-state index contributed by atoms with van der Waals surface area (Å²) in [6.45, 7) is 12.5. The smallest absolute Gasteiger partial charge is 0.122 e. The van der Waals surface area contributed by atoms with Gasteiger partial charge >= 0.3 is 0 Å². The Morgan fingerprint density at radius 3 is 2.53 bits per heavy atom. The molecule has 0 heterocycles. The zero-order chi connectivity index (χ0) is 12.8. The van der Waals surface area contributed by atoms with E-state index in [1.165, 1.54) is 11.1 Å². The van der Waals surface area contributed by atoms with Crippen LogP contribution in [0.25, 0.3) is 0 Å². The molecule has 0 amide bonds. The summed E-state index contributed by atoms with van der Waals surface area (Å²) in [6, 6.07) is 6.75. The molecule has 0 bridgehead atoms. The second-order valence-electron chi connectivity index (χ2n) is 5.18. The molecule has 1 atom stereocenters. The van der Waals surface area contributed by atoms with Gasteiger partial charge in [-0.15, -0.1) is 0 Å². The molecule has 0 saturated carbocycles. The van der Waals surface area contributed by atoms with E-state index in [0.717, 1.165) is 18.9 Å². The lowest BCUT2D eigenvalue weighted by atomic mass is 10.1. The summed E-state index contributed by atoms with van der Waals surface area (Å²) in [5.41, 5.74) is 2.53. The number of hydrogen-bond donors (Lipinski definition) is 1. The van der Waals surface area contributed by atoms with E-state index >= 15 is 0 Å². The van der Waals surface area contributed by atoms with Crippen LogP contribution in [0.15, 0.2) is 18.2 Å². The molecule has 0 spiro atoms. The minimum absolute atomic E-state index is 0.525. The highest BCUT2D eigenvalue weighted by Gasteiger charge is 2.06. The Balaban J connectivity index is 2.42. The van der Waals surface area contributed by atoms with Gasteiger partial charge in [-0.05, 0) is 31.0 Å². The molecule has 0 fully saturated rings. The van der Waals surface area contributed by atoms with Crippen molar-refractivity contribution in [1.29, 1.82) is 0 Å². The van der Waals surface area contributed by atoms with Crippen LogP contribution in [0.2, 0.25) is 0 Å². The molecule has 1 unspecified atom stereocenters. The Morgan fingerprint density at radius 2 is 1.88 bits per heavy atom. The Kier molecular flexibility index (Phi) is 5.49. The molecule has 1 aromatic rings. The van der Waals surface area contributed by atoms with Gasteiger partial charge in [-0.25, -0.2) is 0 Å². The number of benzene rings is 1. The van der Waals surface area contributed by atoms with Crippen LogP contribution in [-0.4, -0.2) is 19.2 Å². The monoisotopic (exact) mass is 235 g/mol. The third kappa shape index (κ3) is 4.78. The lowest BCUT2D eigenvalue weighted by Crippen LogP contribution is -2.30. The van der Waals surface area contributed by atoms with E-state index in [-0.39, 0.29) is 0 Å². The third-order valence-corrected chi connectivity index (χ3v) is 2.95. The summed E-state index contributed by atoms with van der Waals surface area (Å²) in [5, 5.41) is 3.43. The van der Waals surface area contributed by atoms with Crippen molar-refractivity contribution in [2.45, 2.75) is 40.7 Å². The number of rotatable bonds is 6. The van der Waals surface area contributed by atoms with Gasteiger partial charge in [0.15, 0.2) is 0 Å². The molecule has 1 aromatic carbocycles. The molecule has 0 aliphatic heterocycles. The average molecular weight is 235 g/mol.